The number of para-hydroxylation sites is 1. The topological polar surface area (TPSA) is 57.6 Å². The van der Waals surface area contributed by atoms with Crippen molar-refractivity contribution in [2.45, 2.75) is 25.0 Å². The van der Waals surface area contributed by atoms with Crippen molar-refractivity contribution in [1.29, 1.82) is 0 Å². The van der Waals surface area contributed by atoms with E-state index in [0.29, 0.717) is 17.8 Å². The van der Waals surface area contributed by atoms with E-state index in [9.17, 15) is 14.7 Å². The molecule has 1 heterocycles. The summed E-state index contributed by atoms with van der Waals surface area (Å²) in [6.45, 7) is 0.326. The van der Waals surface area contributed by atoms with E-state index in [1.807, 2.05) is 84.9 Å². The number of carbonyl (C=O) groups excluding carboxylic acids is 2. The van der Waals surface area contributed by atoms with Crippen molar-refractivity contribution < 1.29 is 14.7 Å². The van der Waals surface area contributed by atoms with Crippen LogP contribution in [0.4, 0.5) is 5.69 Å². The molecule has 1 N–H and O–H groups in total. The Morgan fingerprint density at radius 2 is 1.50 bits per heavy atom. The second-order valence-electron chi connectivity index (χ2n) is 8.28. The molecule has 1 aliphatic rings. The average molecular weight is 421 g/mol. The summed E-state index contributed by atoms with van der Waals surface area (Å²) in [5.41, 5.74) is 1.15. The van der Waals surface area contributed by atoms with Crippen LogP contribution in [0.3, 0.4) is 0 Å². The summed E-state index contributed by atoms with van der Waals surface area (Å²) in [6.07, 6.45) is -0.0638. The van der Waals surface area contributed by atoms with Crippen molar-refractivity contribution in [3.63, 3.8) is 0 Å². The Balaban J connectivity index is 1.47. The van der Waals surface area contributed by atoms with Crippen LogP contribution in [-0.4, -0.2) is 16.8 Å². The lowest BCUT2D eigenvalue weighted by molar-refractivity contribution is -0.141. The monoisotopic (exact) mass is 421 g/mol. The smallest absolute Gasteiger partial charge is 0.264 e. The number of Topliss-reactive ketones (excluding diaryl/α,β-unsaturated/α-hetero) is 1. The zero-order valence-electron chi connectivity index (χ0n) is 17.6. The van der Waals surface area contributed by atoms with Gasteiger partial charge in [-0.2, -0.15) is 0 Å². The highest BCUT2D eigenvalue weighted by Crippen LogP contribution is 2.43. The molecule has 0 aliphatic carbocycles. The highest BCUT2D eigenvalue weighted by Gasteiger charge is 2.50. The largest absolute Gasteiger partial charge is 0.375 e. The Labute approximate surface area is 186 Å². The van der Waals surface area contributed by atoms with Gasteiger partial charge in [0.15, 0.2) is 5.60 Å². The van der Waals surface area contributed by atoms with Gasteiger partial charge in [-0.05, 0) is 28.0 Å². The Morgan fingerprint density at radius 1 is 0.812 bits per heavy atom. The highest BCUT2D eigenvalue weighted by molar-refractivity contribution is 6.09. The number of amides is 1. The number of hydrogen-bond acceptors (Lipinski definition) is 3. The minimum absolute atomic E-state index is 0.172. The molecule has 0 unspecified atom stereocenters. The summed E-state index contributed by atoms with van der Waals surface area (Å²) in [5.74, 6) is -0.623. The van der Waals surface area contributed by atoms with E-state index in [1.165, 1.54) is 0 Å². The van der Waals surface area contributed by atoms with Crippen molar-refractivity contribution in [2.75, 3.05) is 4.90 Å². The number of anilines is 1. The summed E-state index contributed by atoms with van der Waals surface area (Å²) >= 11 is 0. The molecular formula is C28H23NO3. The molecule has 0 spiro atoms. The molecule has 5 rings (SSSR count). The van der Waals surface area contributed by atoms with Crippen molar-refractivity contribution in [2.24, 2.45) is 0 Å². The first-order valence-electron chi connectivity index (χ1n) is 10.7. The van der Waals surface area contributed by atoms with Gasteiger partial charge in [-0.1, -0.05) is 91.0 Å². The number of benzene rings is 4. The van der Waals surface area contributed by atoms with Gasteiger partial charge in [0.25, 0.3) is 5.91 Å². The van der Waals surface area contributed by atoms with E-state index < -0.39 is 11.5 Å². The van der Waals surface area contributed by atoms with Gasteiger partial charge >= 0.3 is 0 Å². The van der Waals surface area contributed by atoms with Crippen LogP contribution in [0.25, 0.3) is 10.8 Å². The number of hydrogen-bond donors (Lipinski definition) is 1. The number of fused-ring (bicyclic) bond motifs is 2. The van der Waals surface area contributed by atoms with Crippen LogP contribution in [0.1, 0.15) is 23.1 Å². The third kappa shape index (κ3) is 3.49. The minimum atomic E-state index is -1.85. The molecule has 4 nitrogen and oxygen atoms in total. The van der Waals surface area contributed by atoms with Gasteiger partial charge in [-0.15, -0.1) is 0 Å². The van der Waals surface area contributed by atoms with Crippen LogP contribution >= 0.6 is 0 Å². The van der Waals surface area contributed by atoms with Gasteiger partial charge in [-0.3, -0.25) is 9.59 Å². The normalized spacial score (nSPS) is 17.5. The van der Waals surface area contributed by atoms with Crippen molar-refractivity contribution in [1.82, 2.24) is 0 Å². The molecular weight excluding hydrogens is 398 g/mol. The molecule has 0 bridgehead atoms. The van der Waals surface area contributed by atoms with Gasteiger partial charge in [0.1, 0.15) is 5.78 Å². The van der Waals surface area contributed by atoms with Crippen molar-refractivity contribution in [3.8, 4) is 0 Å². The first kappa shape index (κ1) is 20.2. The van der Waals surface area contributed by atoms with Gasteiger partial charge < -0.3 is 10.0 Å². The molecule has 1 aliphatic heterocycles. The number of aliphatic hydroxyl groups is 1. The van der Waals surface area contributed by atoms with Gasteiger partial charge in [0.2, 0.25) is 0 Å². The lowest BCUT2D eigenvalue weighted by Gasteiger charge is -2.23. The molecule has 0 radical (unpaired) electrons. The quantitative estimate of drug-likeness (QED) is 0.488. The SMILES string of the molecule is O=C(Cc1ccccc1)C[C@@]1(O)C(=O)N(Cc2cccc3ccccc23)c2ccccc21. The van der Waals surface area contributed by atoms with Crippen molar-refractivity contribution in [3.05, 3.63) is 114 Å². The Morgan fingerprint density at radius 3 is 2.34 bits per heavy atom. The first-order chi connectivity index (χ1) is 15.6. The maximum atomic E-state index is 13.5. The molecule has 4 heteroatoms. The van der Waals surface area contributed by atoms with Crippen LogP contribution < -0.4 is 4.90 Å². The number of nitrogens with zero attached hydrogens (tertiary/aromatic N) is 1. The predicted octanol–water partition coefficient (Wildman–Crippen LogP) is 4.78. The van der Waals surface area contributed by atoms with Gasteiger partial charge in [0.05, 0.1) is 12.2 Å². The fourth-order valence-electron chi connectivity index (χ4n) is 4.61. The van der Waals surface area contributed by atoms with E-state index in [2.05, 4.69) is 0 Å². The van der Waals surface area contributed by atoms with Crippen molar-refractivity contribution >= 4 is 28.2 Å². The summed E-state index contributed by atoms with van der Waals surface area (Å²) in [5, 5.41) is 13.7. The maximum absolute atomic E-state index is 13.5. The minimum Gasteiger partial charge on any atom is -0.375 e. The molecule has 0 aromatic heterocycles. The second kappa shape index (κ2) is 8.06. The van der Waals surface area contributed by atoms with E-state index >= 15 is 0 Å². The molecule has 158 valence electrons. The van der Waals surface area contributed by atoms with E-state index in [0.717, 1.165) is 21.9 Å². The Kier molecular flexibility index (Phi) is 5.08. The van der Waals surface area contributed by atoms with Gasteiger partial charge in [0, 0.05) is 18.4 Å². The maximum Gasteiger partial charge on any atom is 0.264 e. The third-order valence-corrected chi connectivity index (χ3v) is 6.14. The number of carbonyl (C=O) groups is 2. The molecule has 0 fully saturated rings. The second-order valence-corrected chi connectivity index (χ2v) is 8.28. The molecule has 4 aromatic rings. The fourth-order valence-corrected chi connectivity index (χ4v) is 4.61. The summed E-state index contributed by atoms with van der Waals surface area (Å²) in [6, 6.07) is 30.6. The van der Waals surface area contributed by atoms with Crippen LogP contribution in [0, 0.1) is 0 Å². The fraction of sp³-hybridized carbons (Fsp3) is 0.143. The van der Waals surface area contributed by atoms with Crippen LogP contribution in [0.5, 0.6) is 0 Å². The standard InChI is InChI=1S/C28H23NO3/c30-23(17-20-9-2-1-3-10-20)18-28(32)25-15-6-7-16-26(25)29(27(28)31)19-22-13-8-12-21-11-4-5-14-24(21)22/h1-16,32H,17-19H2/t28-/m0/s1. The van der Waals surface area contributed by atoms with Crippen LogP contribution in [-0.2, 0) is 28.2 Å². The highest BCUT2D eigenvalue weighted by atomic mass is 16.3. The molecule has 4 aromatic carbocycles. The third-order valence-electron chi connectivity index (χ3n) is 6.14. The zero-order valence-corrected chi connectivity index (χ0v) is 17.6. The van der Waals surface area contributed by atoms with Crippen LogP contribution in [0.2, 0.25) is 0 Å². The molecule has 1 amide bonds. The summed E-state index contributed by atoms with van der Waals surface area (Å²) < 4.78 is 0. The lowest BCUT2D eigenvalue weighted by atomic mass is 9.88. The molecule has 0 saturated heterocycles. The van der Waals surface area contributed by atoms with E-state index in [-0.39, 0.29) is 18.6 Å². The Hall–Kier alpha value is -3.76. The molecule has 32 heavy (non-hydrogen) atoms. The Bertz CT molecular complexity index is 1310. The lowest BCUT2D eigenvalue weighted by Crippen LogP contribution is -2.41. The number of ketones is 1. The van der Waals surface area contributed by atoms with Crippen LogP contribution in [0.15, 0.2) is 97.1 Å². The average Bonchev–Trinajstić information content (AvgIpc) is 3.02. The van der Waals surface area contributed by atoms with E-state index in [1.54, 1.807) is 17.0 Å². The van der Waals surface area contributed by atoms with Gasteiger partial charge in [-0.25, -0.2) is 0 Å². The first-order valence-corrected chi connectivity index (χ1v) is 10.7. The summed E-state index contributed by atoms with van der Waals surface area (Å²) in [4.78, 5) is 28.0. The van der Waals surface area contributed by atoms with E-state index in [4.69, 9.17) is 0 Å². The zero-order chi connectivity index (χ0) is 22.1. The number of rotatable bonds is 6. The molecule has 1 atom stereocenters. The summed E-state index contributed by atoms with van der Waals surface area (Å²) in [7, 11) is 0. The predicted molar refractivity (Wildman–Crippen MR) is 125 cm³/mol. The molecule has 0 saturated carbocycles.